The van der Waals surface area contributed by atoms with Crippen LogP contribution in [0.1, 0.15) is 60.5 Å². The molecular weight excluding hydrogens is 574 g/mol. The highest BCUT2D eigenvalue weighted by molar-refractivity contribution is 5.93. The van der Waals surface area contributed by atoms with Gasteiger partial charge < -0.3 is 25.7 Å². The van der Waals surface area contributed by atoms with Crippen LogP contribution in [-0.4, -0.2) is 76.5 Å². The van der Waals surface area contributed by atoms with Gasteiger partial charge in [0.15, 0.2) is 0 Å². The number of carbonyl (C=O) groups excluding carboxylic acids is 3. The van der Waals surface area contributed by atoms with Gasteiger partial charge in [-0.3, -0.25) is 14.4 Å². The van der Waals surface area contributed by atoms with Gasteiger partial charge in [0.25, 0.3) is 5.91 Å². The van der Waals surface area contributed by atoms with Crippen LogP contribution in [-0.2, 0) is 20.8 Å². The molecule has 2 aromatic carbocycles. The average Bonchev–Trinajstić information content (AvgIpc) is 3.42. The number of benzene rings is 2. The maximum atomic E-state index is 14.2. The molecule has 1 unspecified atom stereocenters. The van der Waals surface area contributed by atoms with E-state index in [9.17, 15) is 41.8 Å². The molecule has 3 amide bonds. The summed E-state index contributed by atoms with van der Waals surface area (Å²) in [6.07, 6.45) is -5.25. The van der Waals surface area contributed by atoms with Gasteiger partial charge in [0.2, 0.25) is 18.2 Å². The summed E-state index contributed by atoms with van der Waals surface area (Å²) >= 11 is 0. The van der Waals surface area contributed by atoms with Gasteiger partial charge in [0, 0.05) is 31.0 Å². The van der Waals surface area contributed by atoms with Crippen molar-refractivity contribution in [1.82, 2.24) is 15.5 Å². The van der Waals surface area contributed by atoms with Crippen LogP contribution >= 0.6 is 0 Å². The largest absolute Gasteiger partial charge is 0.478 e. The summed E-state index contributed by atoms with van der Waals surface area (Å²) in [5, 5.41) is 24.1. The molecule has 234 valence electrons. The zero-order valence-corrected chi connectivity index (χ0v) is 23.7. The fraction of sp³-hybridized carbons (Fsp3) is 0.467. The summed E-state index contributed by atoms with van der Waals surface area (Å²) in [4.78, 5) is 51.6. The number of carboxylic acid groups (broad SMARTS) is 1. The molecule has 1 fully saturated rings. The Kier molecular flexibility index (Phi) is 11.6. The van der Waals surface area contributed by atoms with Crippen LogP contribution in [0.5, 0.6) is 0 Å². The minimum atomic E-state index is -3.00. The van der Waals surface area contributed by atoms with Crippen LogP contribution in [0.25, 0.3) is 0 Å². The van der Waals surface area contributed by atoms with Crippen molar-refractivity contribution in [3.63, 3.8) is 0 Å². The van der Waals surface area contributed by atoms with Gasteiger partial charge in [-0.05, 0) is 36.5 Å². The third-order valence-corrected chi connectivity index (χ3v) is 7.70. The zero-order valence-electron chi connectivity index (χ0n) is 23.7. The number of amides is 3. The summed E-state index contributed by atoms with van der Waals surface area (Å²) in [6, 6.07) is 7.41. The standard InChI is InChI=1S/C30H35F4N3O6/c1-3-16(2)26(38)29(41)37-15-19(17-7-5-4-6-8-17)13-24(37)28(40)36-23(14-25(33)34)27(39)35-10-9-20-21(31)11-18(30(42)43)12-22(20)32/h4-8,11-12,16,19,23-26,38H,3,9-10,13-15H2,1-2H3,(H,35,39)(H,36,40)(H,42,43)/t16?,19-,23+,24+,26+/m1/s1. The Hall–Kier alpha value is -4.00. The first-order valence-electron chi connectivity index (χ1n) is 13.9. The smallest absolute Gasteiger partial charge is 0.335 e. The molecule has 0 saturated carbocycles. The van der Waals surface area contributed by atoms with Crippen molar-refractivity contribution in [3.8, 4) is 0 Å². The Morgan fingerprint density at radius 2 is 1.70 bits per heavy atom. The summed E-state index contributed by atoms with van der Waals surface area (Å²) in [7, 11) is 0. The number of aliphatic hydroxyl groups is 1. The topological polar surface area (TPSA) is 136 Å². The second kappa shape index (κ2) is 14.9. The molecule has 0 spiro atoms. The molecule has 13 heteroatoms. The van der Waals surface area contributed by atoms with E-state index in [0.29, 0.717) is 18.6 Å². The highest BCUT2D eigenvalue weighted by Gasteiger charge is 2.43. The average molecular weight is 610 g/mol. The predicted molar refractivity (Wildman–Crippen MR) is 147 cm³/mol. The van der Waals surface area contributed by atoms with Crippen molar-refractivity contribution in [2.75, 3.05) is 13.1 Å². The summed E-state index contributed by atoms with van der Waals surface area (Å²) in [5.41, 5.74) is -0.272. The van der Waals surface area contributed by atoms with E-state index < -0.39 is 96.4 Å². The van der Waals surface area contributed by atoms with Crippen molar-refractivity contribution >= 4 is 23.7 Å². The normalized spacial score (nSPS) is 18.7. The molecule has 3 rings (SSSR count). The highest BCUT2D eigenvalue weighted by Crippen LogP contribution is 2.33. The molecule has 1 aliphatic rings. The lowest BCUT2D eigenvalue weighted by Gasteiger charge is -2.29. The maximum absolute atomic E-state index is 14.2. The fourth-order valence-electron chi connectivity index (χ4n) is 5.01. The van der Waals surface area contributed by atoms with Gasteiger partial charge in [0.1, 0.15) is 29.8 Å². The number of likely N-dealkylation sites (tertiary alicyclic amines) is 1. The van der Waals surface area contributed by atoms with Gasteiger partial charge in [0.05, 0.1) is 5.56 Å². The number of alkyl halides is 2. The van der Waals surface area contributed by atoms with Gasteiger partial charge in [-0.25, -0.2) is 22.4 Å². The number of rotatable bonds is 13. The molecule has 0 bridgehead atoms. The van der Waals surface area contributed by atoms with E-state index in [1.807, 2.05) is 12.1 Å². The van der Waals surface area contributed by atoms with Gasteiger partial charge in [-0.1, -0.05) is 50.6 Å². The quantitative estimate of drug-likeness (QED) is 0.258. The van der Waals surface area contributed by atoms with Crippen LogP contribution in [0, 0.1) is 17.6 Å². The third kappa shape index (κ3) is 8.53. The molecule has 0 aromatic heterocycles. The Morgan fingerprint density at radius 1 is 1.07 bits per heavy atom. The first-order valence-corrected chi connectivity index (χ1v) is 13.9. The van der Waals surface area contributed by atoms with Crippen molar-refractivity contribution in [2.45, 2.75) is 70.1 Å². The molecule has 0 aliphatic carbocycles. The number of carboxylic acids is 1. The second-order valence-electron chi connectivity index (χ2n) is 10.6. The monoisotopic (exact) mass is 609 g/mol. The van der Waals surface area contributed by atoms with Crippen molar-refractivity contribution < 1.29 is 47.0 Å². The van der Waals surface area contributed by atoms with E-state index in [2.05, 4.69) is 10.6 Å². The Labute approximate surface area is 246 Å². The number of hydrogen-bond acceptors (Lipinski definition) is 5. The SMILES string of the molecule is CCC(C)[C@H](O)C(=O)N1C[C@H](c2ccccc2)C[C@H]1C(=O)N[C@@H](CC(F)F)C(=O)NCCc1c(F)cc(C(=O)O)cc1F. The number of nitrogens with one attached hydrogen (secondary N) is 2. The molecule has 1 aliphatic heterocycles. The van der Waals surface area contributed by atoms with Crippen LogP contribution in [0.3, 0.4) is 0 Å². The lowest BCUT2D eigenvalue weighted by molar-refractivity contribution is -0.147. The molecular formula is C30H35F4N3O6. The number of aromatic carboxylic acids is 1. The Bertz CT molecular complexity index is 1290. The van der Waals surface area contributed by atoms with Crippen molar-refractivity contribution in [1.29, 1.82) is 0 Å². The van der Waals surface area contributed by atoms with E-state index in [1.165, 1.54) is 4.90 Å². The van der Waals surface area contributed by atoms with Crippen LogP contribution in [0.15, 0.2) is 42.5 Å². The fourth-order valence-corrected chi connectivity index (χ4v) is 5.01. The molecule has 2 aromatic rings. The van der Waals surface area contributed by atoms with E-state index in [0.717, 1.165) is 5.56 Å². The van der Waals surface area contributed by atoms with E-state index in [-0.39, 0.29) is 18.9 Å². The number of nitrogens with zero attached hydrogens (tertiary/aromatic N) is 1. The number of halogens is 4. The van der Waals surface area contributed by atoms with Crippen LogP contribution in [0.2, 0.25) is 0 Å². The lowest BCUT2D eigenvalue weighted by atomic mass is 9.96. The van der Waals surface area contributed by atoms with Crippen LogP contribution in [0.4, 0.5) is 17.6 Å². The summed E-state index contributed by atoms with van der Waals surface area (Å²) in [5.74, 6) is -7.10. The highest BCUT2D eigenvalue weighted by atomic mass is 19.3. The first kappa shape index (κ1) is 33.5. The summed E-state index contributed by atoms with van der Waals surface area (Å²) < 4.78 is 55.3. The van der Waals surface area contributed by atoms with Crippen LogP contribution < -0.4 is 10.6 Å². The van der Waals surface area contributed by atoms with Gasteiger partial charge >= 0.3 is 5.97 Å². The molecule has 43 heavy (non-hydrogen) atoms. The predicted octanol–water partition coefficient (Wildman–Crippen LogP) is 3.25. The van der Waals surface area contributed by atoms with E-state index >= 15 is 0 Å². The lowest BCUT2D eigenvalue weighted by Crippen LogP contribution is -2.55. The second-order valence-corrected chi connectivity index (χ2v) is 10.6. The van der Waals surface area contributed by atoms with E-state index in [4.69, 9.17) is 5.11 Å². The molecule has 0 radical (unpaired) electrons. The minimum Gasteiger partial charge on any atom is -0.478 e. The van der Waals surface area contributed by atoms with Gasteiger partial charge in [-0.15, -0.1) is 0 Å². The third-order valence-electron chi connectivity index (χ3n) is 7.70. The molecule has 5 atom stereocenters. The Balaban J connectivity index is 1.74. The molecule has 1 heterocycles. The van der Waals surface area contributed by atoms with Crippen molar-refractivity contribution in [3.05, 3.63) is 70.8 Å². The molecule has 9 nitrogen and oxygen atoms in total. The summed E-state index contributed by atoms with van der Waals surface area (Å²) in [6.45, 7) is 3.17. The van der Waals surface area contributed by atoms with E-state index in [1.54, 1.807) is 32.0 Å². The number of carbonyl (C=O) groups is 4. The molecule has 1 saturated heterocycles. The Morgan fingerprint density at radius 3 is 2.26 bits per heavy atom. The number of aliphatic hydroxyl groups excluding tert-OH is 1. The zero-order chi connectivity index (χ0) is 31.8. The first-order chi connectivity index (χ1) is 20.3. The van der Waals surface area contributed by atoms with Gasteiger partial charge in [-0.2, -0.15) is 0 Å². The minimum absolute atomic E-state index is 0.0952. The molecule has 4 N–H and O–H groups in total. The maximum Gasteiger partial charge on any atom is 0.335 e. The number of hydrogen-bond donors (Lipinski definition) is 4. The van der Waals surface area contributed by atoms with Crippen molar-refractivity contribution in [2.24, 2.45) is 5.92 Å².